The minimum atomic E-state index is -2.05. The van der Waals surface area contributed by atoms with E-state index in [1.807, 2.05) is 0 Å². The van der Waals surface area contributed by atoms with Crippen LogP contribution in [0.15, 0.2) is 59.4 Å². The van der Waals surface area contributed by atoms with Gasteiger partial charge >= 0.3 is 5.97 Å². The number of amides is 7. The summed E-state index contributed by atoms with van der Waals surface area (Å²) >= 11 is 0. The first-order valence-corrected chi connectivity index (χ1v) is 23.4. The van der Waals surface area contributed by atoms with Gasteiger partial charge in [-0.1, -0.05) is 43.7 Å². The summed E-state index contributed by atoms with van der Waals surface area (Å²) in [5.41, 5.74) is 1.94. The number of aryl methyl sites for hydroxylation is 1. The van der Waals surface area contributed by atoms with E-state index in [0.29, 0.717) is 71.1 Å². The molecule has 7 amide bonds. The summed E-state index contributed by atoms with van der Waals surface area (Å²) in [7, 11) is 0. The lowest BCUT2D eigenvalue weighted by molar-refractivity contribution is -0.172. The number of hydrogen-bond donors (Lipinski definition) is 6. The fourth-order valence-electron chi connectivity index (χ4n) is 9.52. The zero-order chi connectivity index (χ0) is 50.6. The number of fused-ring (bicyclic) bond motifs is 5. The van der Waals surface area contributed by atoms with E-state index < -0.39 is 91.0 Å². The summed E-state index contributed by atoms with van der Waals surface area (Å²) in [6.07, 6.45) is 4.92. The number of unbranched alkanes of at least 4 members (excludes halogenated alkanes) is 2. The van der Waals surface area contributed by atoms with Gasteiger partial charge in [0.25, 0.3) is 17.4 Å². The highest BCUT2D eigenvalue weighted by Crippen LogP contribution is 2.46. The van der Waals surface area contributed by atoms with E-state index >= 15 is 4.39 Å². The molecule has 3 atom stereocenters. The van der Waals surface area contributed by atoms with Crippen molar-refractivity contribution >= 4 is 58.2 Å². The van der Waals surface area contributed by atoms with Gasteiger partial charge in [-0.2, -0.15) is 0 Å². The number of esters is 1. The highest BCUT2D eigenvalue weighted by Gasteiger charge is 2.46. The van der Waals surface area contributed by atoms with Gasteiger partial charge in [-0.15, -0.1) is 0 Å². The number of pyridine rings is 2. The van der Waals surface area contributed by atoms with E-state index in [1.54, 1.807) is 50.2 Å². The second-order valence-corrected chi connectivity index (χ2v) is 17.8. The van der Waals surface area contributed by atoms with Gasteiger partial charge < -0.3 is 45.7 Å². The number of imide groups is 1. The van der Waals surface area contributed by atoms with Crippen molar-refractivity contribution in [3.8, 4) is 11.4 Å². The molecule has 4 aromatic rings. The van der Waals surface area contributed by atoms with E-state index in [-0.39, 0.29) is 61.9 Å². The lowest BCUT2D eigenvalue weighted by Crippen LogP contribution is -2.51. The Labute approximate surface area is 405 Å². The molecule has 6 N–H and O–H groups in total. The van der Waals surface area contributed by atoms with Gasteiger partial charge in [0.15, 0.2) is 5.60 Å². The van der Waals surface area contributed by atoms with E-state index in [0.717, 1.165) is 16.0 Å². The fraction of sp³-hybridized carbons (Fsp3) is 0.400. The van der Waals surface area contributed by atoms with Crippen LogP contribution in [0, 0.1) is 12.7 Å². The van der Waals surface area contributed by atoms with E-state index in [2.05, 4.69) is 26.6 Å². The number of aliphatic hydroxyl groups is 1. The number of carbonyl (C=O) groups is 8. The summed E-state index contributed by atoms with van der Waals surface area (Å²) in [6.45, 7) is 1.48. The van der Waals surface area contributed by atoms with Gasteiger partial charge in [-0.05, 0) is 67.3 Å². The van der Waals surface area contributed by atoms with Crippen LogP contribution >= 0.6 is 0 Å². The SMILES string of the molecule is CC[C@@]1(O)C(=O)OCc2c1cc1n(c2=O)Cc2c-1nc1cc(F)c(C)c3c1c2[C@@H](NC(=O)COCNC(=O)[C@H](Cc1ccccc1)NC(=O)CNC(=O)CNC(=O)CCCCCN1C(=O)C=CC1=O)CC3. The Morgan fingerprint density at radius 3 is 2.39 bits per heavy atom. The lowest BCUT2D eigenvalue weighted by Gasteiger charge is -2.31. The van der Waals surface area contributed by atoms with Gasteiger partial charge in [0, 0.05) is 54.1 Å². The first-order chi connectivity index (χ1) is 34.1. The third-order valence-electron chi connectivity index (χ3n) is 13.3. The number of benzene rings is 2. The Morgan fingerprint density at radius 1 is 0.915 bits per heavy atom. The topological polar surface area (TPSA) is 274 Å². The van der Waals surface area contributed by atoms with Crippen molar-refractivity contribution < 1.29 is 57.3 Å². The van der Waals surface area contributed by atoms with Crippen LogP contribution in [0.5, 0.6) is 0 Å². The Bertz CT molecular complexity index is 2940. The largest absolute Gasteiger partial charge is 0.458 e. The Kier molecular flexibility index (Phi) is 14.8. The van der Waals surface area contributed by atoms with Crippen molar-refractivity contribution in [3.05, 3.63) is 110 Å². The van der Waals surface area contributed by atoms with Gasteiger partial charge in [-0.25, -0.2) is 14.2 Å². The second kappa shape index (κ2) is 21.1. The maximum Gasteiger partial charge on any atom is 0.343 e. The van der Waals surface area contributed by atoms with Crippen molar-refractivity contribution in [1.82, 2.24) is 41.0 Å². The monoisotopic (exact) mass is 976 g/mol. The zero-order valence-corrected chi connectivity index (χ0v) is 39.1. The van der Waals surface area contributed by atoms with Crippen LogP contribution < -0.4 is 32.1 Å². The minimum absolute atomic E-state index is 0.0454. The normalized spacial score (nSPS) is 17.8. The maximum atomic E-state index is 15.4. The number of hydrogen-bond acceptors (Lipinski definition) is 13. The summed E-state index contributed by atoms with van der Waals surface area (Å²) in [5.74, 6) is -4.95. The predicted molar refractivity (Wildman–Crippen MR) is 250 cm³/mol. The van der Waals surface area contributed by atoms with Crippen LogP contribution in [0.4, 0.5) is 4.39 Å². The molecule has 2 aromatic carbocycles. The summed E-state index contributed by atoms with van der Waals surface area (Å²) in [5, 5.41) is 25.1. The van der Waals surface area contributed by atoms with Crippen LogP contribution in [-0.4, -0.2) is 106 Å². The van der Waals surface area contributed by atoms with Crippen LogP contribution in [0.2, 0.25) is 0 Å². The first kappa shape index (κ1) is 49.8. The average Bonchev–Trinajstić information content (AvgIpc) is 3.89. The lowest BCUT2D eigenvalue weighted by atomic mass is 9.81. The quantitative estimate of drug-likeness (QED) is 0.0277. The molecule has 372 valence electrons. The molecule has 0 bridgehead atoms. The Morgan fingerprint density at radius 2 is 1.65 bits per heavy atom. The number of cyclic esters (lactones) is 1. The van der Waals surface area contributed by atoms with E-state index in [9.17, 15) is 48.3 Å². The smallest absolute Gasteiger partial charge is 0.343 e. The number of ether oxygens (including phenoxy) is 2. The van der Waals surface area contributed by atoms with Gasteiger partial charge in [0.05, 0.1) is 48.1 Å². The van der Waals surface area contributed by atoms with Crippen LogP contribution in [-0.2, 0) is 79.4 Å². The third kappa shape index (κ3) is 10.5. The summed E-state index contributed by atoms with van der Waals surface area (Å²) < 4.78 is 27.7. The first-order valence-electron chi connectivity index (χ1n) is 23.4. The number of carbonyl (C=O) groups excluding carboxylic acids is 8. The van der Waals surface area contributed by atoms with Crippen LogP contribution in [0.1, 0.15) is 90.4 Å². The molecule has 0 saturated carbocycles. The molecular weight excluding hydrogens is 924 g/mol. The molecule has 20 nitrogen and oxygen atoms in total. The van der Waals surface area contributed by atoms with Gasteiger partial charge in [0.1, 0.15) is 31.8 Å². The molecule has 3 aliphatic heterocycles. The van der Waals surface area contributed by atoms with E-state index in [4.69, 9.17) is 14.5 Å². The standard InChI is InChI=1S/C50H53FN8O12/c1-3-50(69)32-19-37-46-30(23-59(37)48(67)31(32)24-71-49(50)68)45-34(14-13-29-27(2)33(51)20-35(57-46)44(29)45)55-41(63)25-70-26-54-47(66)36(18-28-10-6-4-7-11-28)56-40(62)22-53-39(61)21-52-38(60)12-8-5-9-17-58-42(64)15-16-43(58)65/h4,6-7,10-11,15-16,19-20,34,36,69H,3,5,8-9,12-14,17-18,21-26H2,1-2H3,(H,52,60)(H,53,61)(H,54,66)(H,55,63)(H,56,62)/t34-,36-,50-/m0/s1. The van der Waals surface area contributed by atoms with Crippen molar-refractivity contribution in [2.75, 3.05) is 33.0 Å². The Balaban J connectivity index is 0.851. The number of rotatable bonds is 20. The van der Waals surface area contributed by atoms with E-state index in [1.165, 1.54) is 22.8 Å². The molecule has 4 aliphatic rings. The molecule has 0 saturated heterocycles. The van der Waals surface area contributed by atoms with Crippen molar-refractivity contribution in [1.29, 1.82) is 0 Å². The molecular formula is C50H53FN8O12. The molecule has 8 rings (SSSR count). The molecule has 0 unspecified atom stereocenters. The highest BCUT2D eigenvalue weighted by atomic mass is 19.1. The Hall–Kier alpha value is -7.65. The minimum Gasteiger partial charge on any atom is -0.458 e. The predicted octanol–water partition coefficient (Wildman–Crippen LogP) is 1.17. The number of aromatic nitrogens is 2. The third-order valence-corrected chi connectivity index (χ3v) is 13.3. The molecule has 2 aromatic heterocycles. The zero-order valence-electron chi connectivity index (χ0n) is 39.1. The molecule has 0 spiro atoms. The summed E-state index contributed by atoms with van der Waals surface area (Å²) in [6, 6.07) is 10.0. The van der Waals surface area contributed by atoms with Crippen molar-refractivity contribution in [3.63, 3.8) is 0 Å². The van der Waals surface area contributed by atoms with Crippen LogP contribution in [0.3, 0.4) is 0 Å². The van der Waals surface area contributed by atoms with Crippen molar-refractivity contribution in [2.45, 2.75) is 96.1 Å². The van der Waals surface area contributed by atoms with Gasteiger partial charge in [0.2, 0.25) is 29.5 Å². The molecule has 0 radical (unpaired) electrons. The molecule has 71 heavy (non-hydrogen) atoms. The van der Waals surface area contributed by atoms with Crippen LogP contribution in [0.25, 0.3) is 22.3 Å². The molecule has 5 heterocycles. The average molecular weight is 977 g/mol. The molecule has 1 aliphatic carbocycles. The second-order valence-electron chi connectivity index (χ2n) is 17.8. The van der Waals surface area contributed by atoms with Gasteiger partial charge in [-0.3, -0.25) is 43.3 Å². The highest BCUT2D eigenvalue weighted by molar-refractivity contribution is 6.12. The maximum absolute atomic E-state index is 15.4. The van der Waals surface area contributed by atoms with Crippen molar-refractivity contribution in [2.24, 2.45) is 0 Å². The number of halogens is 1. The number of nitrogens with one attached hydrogen (secondary N) is 5. The number of nitrogens with zero attached hydrogens (tertiary/aromatic N) is 3. The summed E-state index contributed by atoms with van der Waals surface area (Å²) in [4.78, 5) is 121. The molecule has 0 fully saturated rings. The fourth-order valence-corrected chi connectivity index (χ4v) is 9.52. The molecule has 21 heteroatoms.